The van der Waals surface area contributed by atoms with Gasteiger partial charge >= 0.3 is 6.09 Å². The van der Waals surface area contributed by atoms with Crippen LogP contribution in [0.25, 0.3) is 5.57 Å². The van der Waals surface area contributed by atoms with E-state index in [1.165, 1.54) is 4.90 Å². The molecular formula is C31H43N7O4. The maximum absolute atomic E-state index is 13.9. The Kier molecular flexibility index (Phi) is 10.8. The summed E-state index contributed by atoms with van der Waals surface area (Å²) < 4.78 is 11.0. The number of hydrazine groups is 1. The second kappa shape index (κ2) is 14.1. The average Bonchev–Trinajstić information content (AvgIpc) is 3.71. The first kappa shape index (κ1) is 32.3. The molecule has 226 valence electrons. The zero-order valence-electron chi connectivity index (χ0n) is 25.5. The number of nitrogens with one attached hydrogen (secondary N) is 3. The first-order valence-electron chi connectivity index (χ1n) is 14.1. The summed E-state index contributed by atoms with van der Waals surface area (Å²) in [4.78, 5) is 41.5. The van der Waals surface area contributed by atoms with Gasteiger partial charge < -0.3 is 25.1 Å². The van der Waals surface area contributed by atoms with Crippen molar-refractivity contribution in [2.45, 2.75) is 66.0 Å². The van der Waals surface area contributed by atoms with Crippen LogP contribution in [0.3, 0.4) is 0 Å². The van der Waals surface area contributed by atoms with Crippen LogP contribution in [0.15, 0.2) is 72.4 Å². The van der Waals surface area contributed by atoms with Crippen molar-refractivity contribution in [3.63, 3.8) is 0 Å². The molecule has 1 aromatic heterocycles. The quantitative estimate of drug-likeness (QED) is 0.178. The van der Waals surface area contributed by atoms with Gasteiger partial charge in [-0.25, -0.2) is 20.2 Å². The van der Waals surface area contributed by atoms with Crippen LogP contribution in [0.5, 0.6) is 5.88 Å². The van der Waals surface area contributed by atoms with E-state index in [4.69, 9.17) is 9.47 Å². The molecule has 11 heteroatoms. The van der Waals surface area contributed by atoms with E-state index in [9.17, 15) is 9.59 Å². The molecule has 0 unspecified atom stereocenters. The monoisotopic (exact) mass is 577 g/mol. The summed E-state index contributed by atoms with van der Waals surface area (Å²) >= 11 is 0. The Labute approximate surface area is 248 Å². The first-order valence-corrected chi connectivity index (χ1v) is 14.1. The molecule has 1 saturated heterocycles. The summed E-state index contributed by atoms with van der Waals surface area (Å²) in [7, 11) is 0. The Hall–Kier alpha value is -4.25. The van der Waals surface area contributed by atoms with E-state index < -0.39 is 17.1 Å². The molecule has 0 radical (unpaired) electrons. The number of rotatable bonds is 13. The number of aromatic nitrogens is 2. The van der Waals surface area contributed by atoms with Gasteiger partial charge in [-0.15, -0.1) is 0 Å². The molecule has 2 amide bonds. The minimum atomic E-state index is -1.15. The summed E-state index contributed by atoms with van der Waals surface area (Å²) in [6, 6.07) is 0.385. The molecule has 3 N–H and O–H groups in total. The fourth-order valence-electron chi connectivity index (χ4n) is 4.06. The average molecular weight is 578 g/mol. The van der Waals surface area contributed by atoms with Crippen molar-refractivity contribution >= 4 is 23.3 Å². The summed E-state index contributed by atoms with van der Waals surface area (Å²) in [5.74, 6) is 0.442. The third-order valence-corrected chi connectivity index (χ3v) is 6.33. The van der Waals surface area contributed by atoms with Crippen molar-refractivity contribution in [1.29, 1.82) is 0 Å². The minimum absolute atomic E-state index is 0.0805. The lowest BCUT2D eigenvalue weighted by molar-refractivity contribution is -0.133. The van der Waals surface area contributed by atoms with Gasteiger partial charge in [0, 0.05) is 24.8 Å². The Morgan fingerprint density at radius 2 is 1.88 bits per heavy atom. The van der Waals surface area contributed by atoms with Crippen LogP contribution >= 0.6 is 0 Å². The van der Waals surface area contributed by atoms with E-state index in [-0.39, 0.29) is 19.0 Å². The van der Waals surface area contributed by atoms with Crippen molar-refractivity contribution < 1.29 is 19.1 Å². The molecule has 3 rings (SSSR count). The number of hydrogen-bond donors (Lipinski definition) is 3. The lowest BCUT2D eigenvalue weighted by atomic mass is 9.74. The van der Waals surface area contributed by atoms with Crippen LogP contribution in [-0.4, -0.2) is 63.9 Å². The van der Waals surface area contributed by atoms with Crippen LogP contribution in [-0.2, 0) is 9.53 Å². The van der Waals surface area contributed by atoms with Crippen molar-refractivity contribution in [3.05, 3.63) is 73.1 Å². The zero-order chi connectivity index (χ0) is 30.9. The minimum Gasteiger partial charge on any atom is -0.477 e. The number of allylic oxidation sites excluding steroid dienone is 6. The molecule has 2 heterocycles. The van der Waals surface area contributed by atoms with Crippen LogP contribution in [0.4, 0.5) is 4.79 Å². The van der Waals surface area contributed by atoms with Gasteiger partial charge in [0.25, 0.3) is 0 Å². The summed E-state index contributed by atoms with van der Waals surface area (Å²) in [6.07, 6.45) is 13.8. The number of carbonyl (C=O) groups is 2. The molecule has 1 aliphatic carbocycles. The zero-order valence-corrected chi connectivity index (χ0v) is 25.5. The normalized spacial score (nSPS) is 17.1. The van der Waals surface area contributed by atoms with Gasteiger partial charge in [-0.1, -0.05) is 31.4 Å². The molecule has 2 aliphatic rings. The van der Waals surface area contributed by atoms with Crippen molar-refractivity contribution in [2.24, 2.45) is 10.4 Å². The molecule has 2 fully saturated rings. The number of ether oxygens (including phenoxy) is 2. The molecule has 0 spiro atoms. The second-order valence-corrected chi connectivity index (χ2v) is 11.1. The van der Waals surface area contributed by atoms with E-state index in [1.807, 2.05) is 26.8 Å². The largest absolute Gasteiger partial charge is 0.477 e. The highest BCUT2D eigenvalue weighted by molar-refractivity contribution is 6.16. The number of likely N-dealkylation sites (tertiary alicyclic amines) is 1. The Balaban J connectivity index is 1.81. The number of carbonyl (C=O) groups excluding carboxylic acids is 2. The van der Waals surface area contributed by atoms with E-state index in [1.54, 1.807) is 57.5 Å². The molecule has 1 saturated carbocycles. The lowest BCUT2D eigenvalue weighted by Gasteiger charge is -2.48. The number of nitrogens with zero attached hydrogens (tertiary/aromatic N) is 4. The Morgan fingerprint density at radius 1 is 1.17 bits per heavy atom. The van der Waals surface area contributed by atoms with E-state index in [0.717, 1.165) is 18.4 Å². The van der Waals surface area contributed by atoms with Gasteiger partial charge in [0.1, 0.15) is 16.8 Å². The molecule has 0 atom stereocenters. The van der Waals surface area contributed by atoms with E-state index >= 15 is 0 Å². The summed E-state index contributed by atoms with van der Waals surface area (Å²) in [5.41, 5.74) is 6.56. The second-order valence-electron chi connectivity index (χ2n) is 11.1. The number of amides is 2. The molecular weight excluding hydrogens is 534 g/mol. The SMILES string of the molecule is C=C(/C=C\C(=C/C)c1cncc(OCC)n1)NC(=O)C1(C(/C=C\C)=N/C(=C)NNC2CC2)CN(C(=O)OC(C)(C)C)C1. The van der Waals surface area contributed by atoms with Gasteiger partial charge in [0.2, 0.25) is 11.8 Å². The van der Waals surface area contributed by atoms with E-state index in [2.05, 4.69) is 44.3 Å². The topological polar surface area (TPSA) is 130 Å². The van der Waals surface area contributed by atoms with Crippen LogP contribution in [0.2, 0.25) is 0 Å². The van der Waals surface area contributed by atoms with Gasteiger partial charge in [-0.3, -0.25) is 9.78 Å². The predicted molar refractivity (Wildman–Crippen MR) is 164 cm³/mol. The van der Waals surface area contributed by atoms with E-state index in [0.29, 0.717) is 41.5 Å². The Morgan fingerprint density at radius 3 is 2.48 bits per heavy atom. The Bertz CT molecular complexity index is 1300. The van der Waals surface area contributed by atoms with Crippen LogP contribution in [0.1, 0.15) is 60.1 Å². The summed E-state index contributed by atoms with van der Waals surface area (Å²) in [6.45, 7) is 19.7. The molecule has 0 bridgehead atoms. The highest BCUT2D eigenvalue weighted by Crippen LogP contribution is 2.35. The molecule has 1 aromatic rings. The fraction of sp³-hybridized carbons (Fsp3) is 0.452. The van der Waals surface area contributed by atoms with Crippen molar-refractivity contribution in [3.8, 4) is 5.88 Å². The van der Waals surface area contributed by atoms with Crippen molar-refractivity contribution in [1.82, 2.24) is 31.0 Å². The van der Waals surface area contributed by atoms with Crippen LogP contribution < -0.4 is 20.9 Å². The third kappa shape index (κ3) is 8.87. The van der Waals surface area contributed by atoms with Gasteiger partial charge in [-0.2, -0.15) is 0 Å². The van der Waals surface area contributed by atoms with Gasteiger partial charge in [-0.05, 0) is 72.1 Å². The third-order valence-electron chi connectivity index (χ3n) is 6.33. The number of aliphatic imine (C=N–C) groups is 1. The fourth-order valence-corrected chi connectivity index (χ4v) is 4.06. The maximum Gasteiger partial charge on any atom is 0.410 e. The first-order chi connectivity index (χ1) is 19.9. The molecule has 1 aliphatic heterocycles. The van der Waals surface area contributed by atoms with Crippen LogP contribution in [0, 0.1) is 5.41 Å². The lowest BCUT2D eigenvalue weighted by Crippen LogP contribution is -2.68. The maximum atomic E-state index is 13.9. The molecule has 11 nitrogen and oxygen atoms in total. The van der Waals surface area contributed by atoms with Crippen molar-refractivity contribution in [2.75, 3.05) is 19.7 Å². The predicted octanol–water partition coefficient (Wildman–Crippen LogP) is 4.45. The molecule has 42 heavy (non-hydrogen) atoms. The standard InChI is InChI=1S/C31H43N7O4/c1-9-12-26(34-22(5)36-37-24-15-16-24)31(19-38(20-31)29(40)42-30(6,7)8)28(39)33-21(4)13-14-23(10-2)25-17-32-18-27(35-25)41-11-3/h9-10,12-14,17-18,24,36-37H,4-5,11,15-16,19-20H2,1-3,6-8H3,(H,33,39)/b12-9-,14-13-,23-10+,34-26+. The number of hydrogen-bond acceptors (Lipinski definition) is 9. The highest BCUT2D eigenvalue weighted by Gasteiger charge is 2.55. The van der Waals surface area contributed by atoms with Gasteiger partial charge in [0.15, 0.2) is 0 Å². The summed E-state index contributed by atoms with van der Waals surface area (Å²) in [5, 5.41) is 2.90. The highest BCUT2D eigenvalue weighted by atomic mass is 16.6. The van der Waals surface area contributed by atoms with Gasteiger partial charge in [0.05, 0.1) is 30.4 Å². The molecule has 0 aromatic carbocycles. The smallest absolute Gasteiger partial charge is 0.410 e.